The highest BCUT2D eigenvalue weighted by molar-refractivity contribution is 14.1. The van der Waals surface area contributed by atoms with E-state index < -0.39 is 0 Å². The number of aromatic nitrogens is 2. The van der Waals surface area contributed by atoms with E-state index in [-0.39, 0.29) is 5.56 Å². The number of fused-ring (bicyclic) bond motifs is 1. The monoisotopic (exact) mass is 362 g/mol. The molecule has 0 unspecified atom stereocenters. The number of para-hydroxylation sites is 1. The van der Waals surface area contributed by atoms with Crippen molar-refractivity contribution >= 4 is 33.5 Å². The Hall–Kier alpha value is -1.69. The quantitative estimate of drug-likeness (QED) is 0.623. The molecule has 0 aliphatic rings. The molecule has 0 atom stereocenters. The Morgan fingerprint density at radius 1 is 1.11 bits per heavy atom. The largest absolute Gasteiger partial charge is 0.268 e. The van der Waals surface area contributed by atoms with Gasteiger partial charge < -0.3 is 0 Å². The molecule has 0 aliphatic heterocycles. The van der Waals surface area contributed by atoms with Crippen molar-refractivity contribution in [1.29, 1.82) is 0 Å². The molecule has 4 heteroatoms. The molecule has 0 saturated carbocycles. The maximum atomic E-state index is 12.5. The molecule has 3 rings (SSSR count). The maximum Gasteiger partial charge on any atom is 0.265 e. The van der Waals surface area contributed by atoms with Crippen molar-refractivity contribution < 1.29 is 0 Å². The lowest BCUT2D eigenvalue weighted by Gasteiger charge is -2.07. The Labute approximate surface area is 124 Å². The summed E-state index contributed by atoms with van der Waals surface area (Å²) in [6.45, 7) is 1.96. The minimum Gasteiger partial charge on any atom is -0.268 e. The lowest BCUT2D eigenvalue weighted by Crippen LogP contribution is -2.19. The fourth-order valence-electron chi connectivity index (χ4n) is 2.09. The van der Waals surface area contributed by atoms with E-state index in [9.17, 15) is 4.79 Å². The minimum absolute atomic E-state index is 0.0325. The molecule has 0 aliphatic carbocycles. The van der Waals surface area contributed by atoms with E-state index >= 15 is 0 Å². The number of hydrogen-bond acceptors (Lipinski definition) is 2. The van der Waals surface area contributed by atoms with Crippen LogP contribution < -0.4 is 5.56 Å². The average Bonchev–Trinajstić information content (AvgIpc) is 2.42. The zero-order valence-corrected chi connectivity index (χ0v) is 12.5. The van der Waals surface area contributed by atoms with Gasteiger partial charge in [-0.05, 0) is 65.4 Å². The van der Waals surface area contributed by atoms with Crippen molar-refractivity contribution in [2.24, 2.45) is 0 Å². The van der Waals surface area contributed by atoms with Crippen LogP contribution in [0.2, 0.25) is 0 Å². The number of benzene rings is 2. The molecule has 0 fully saturated rings. The normalized spacial score (nSPS) is 10.8. The van der Waals surface area contributed by atoms with Gasteiger partial charge in [0.05, 0.1) is 16.6 Å². The minimum atomic E-state index is -0.0325. The summed E-state index contributed by atoms with van der Waals surface area (Å²) >= 11 is 2.24. The zero-order valence-electron chi connectivity index (χ0n) is 10.3. The molecule has 3 aromatic rings. The molecule has 0 N–H and O–H groups in total. The van der Waals surface area contributed by atoms with E-state index in [2.05, 4.69) is 27.6 Å². The molecule has 0 bridgehead atoms. The van der Waals surface area contributed by atoms with Gasteiger partial charge in [-0.1, -0.05) is 12.1 Å². The second kappa shape index (κ2) is 4.77. The van der Waals surface area contributed by atoms with Gasteiger partial charge in [0.1, 0.15) is 6.33 Å². The molecular weight excluding hydrogens is 351 g/mol. The predicted molar refractivity (Wildman–Crippen MR) is 84.8 cm³/mol. The lowest BCUT2D eigenvalue weighted by molar-refractivity contribution is 0.961. The van der Waals surface area contributed by atoms with Crippen LogP contribution in [0.1, 0.15) is 5.56 Å². The number of halogens is 1. The number of aryl methyl sites for hydroxylation is 1. The van der Waals surface area contributed by atoms with Gasteiger partial charge in [0.2, 0.25) is 0 Å². The Morgan fingerprint density at radius 3 is 2.58 bits per heavy atom. The van der Waals surface area contributed by atoms with Gasteiger partial charge in [-0.3, -0.25) is 9.36 Å². The van der Waals surface area contributed by atoms with Crippen molar-refractivity contribution in [2.45, 2.75) is 6.92 Å². The molecule has 1 aromatic heterocycles. The summed E-state index contributed by atoms with van der Waals surface area (Å²) in [5, 5.41) is 0.654. The molecule has 0 radical (unpaired) electrons. The number of rotatable bonds is 1. The van der Waals surface area contributed by atoms with Gasteiger partial charge in [-0.2, -0.15) is 0 Å². The van der Waals surface area contributed by atoms with E-state index in [1.807, 2.05) is 49.4 Å². The zero-order chi connectivity index (χ0) is 13.4. The average molecular weight is 362 g/mol. The molecule has 94 valence electrons. The summed E-state index contributed by atoms with van der Waals surface area (Å²) in [5.41, 5.74) is 2.59. The molecule has 3 nitrogen and oxygen atoms in total. The SMILES string of the molecule is Cc1cccc2c(=O)n(-c3ccc(I)cc3)cnc12. The van der Waals surface area contributed by atoms with Crippen molar-refractivity contribution in [2.75, 3.05) is 0 Å². The summed E-state index contributed by atoms with van der Waals surface area (Å²) in [4.78, 5) is 16.9. The van der Waals surface area contributed by atoms with E-state index in [1.165, 1.54) is 0 Å². The van der Waals surface area contributed by atoms with Crippen LogP contribution in [0.3, 0.4) is 0 Å². The fraction of sp³-hybridized carbons (Fsp3) is 0.0667. The van der Waals surface area contributed by atoms with Crippen molar-refractivity contribution in [3.8, 4) is 5.69 Å². The van der Waals surface area contributed by atoms with Crippen LogP contribution in [-0.4, -0.2) is 9.55 Å². The van der Waals surface area contributed by atoms with Gasteiger partial charge in [0.25, 0.3) is 5.56 Å². The molecule has 2 aromatic carbocycles. The second-order valence-electron chi connectivity index (χ2n) is 4.37. The molecule has 0 spiro atoms. The third-order valence-electron chi connectivity index (χ3n) is 3.09. The Kier molecular flexibility index (Phi) is 3.10. The second-order valence-corrected chi connectivity index (χ2v) is 5.61. The van der Waals surface area contributed by atoms with Crippen LogP contribution in [0.4, 0.5) is 0 Å². The number of hydrogen-bond donors (Lipinski definition) is 0. The Bertz CT molecular complexity index is 806. The lowest BCUT2D eigenvalue weighted by atomic mass is 10.1. The van der Waals surface area contributed by atoms with Crippen LogP contribution in [0.15, 0.2) is 53.6 Å². The Morgan fingerprint density at radius 2 is 1.84 bits per heavy atom. The van der Waals surface area contributed by atoms with Gasteiger partial charge in [-0.15, -0.1) is 0 Å². The fourth-order valence-corrected chi connectivity index (χ4v) is 2.45. The first kappa shape index (κ1) is 12.3. The van der Waals surface area contributed by atoms with Gasteiger partial charge in [0.15, 0.2) is 0 Å². The smallest absolute Gasteiger partial charge is 0.265 e. The first-order valence-electron chi connectivity index (χ1n) is 5.90. The molecule has 0 saturated heterocycles. The van der Waals surface area contributed by atoms with Crippen molar-refractivity contribution in [3.05, 3.63) is 68.3 Å². The van der Waals surface area contributed by atoms with Crippen LogP contribution in [0.25, 0.3) is 16.6 Å². The standard InChI is InChI=1S/C15H11IN2O/c1-10-3-2-4-13-14(10)17-9-18(15(13)19)12-7-5-11(16)6-8-12/h2-9H,1H3. The maximum absolute atomic E-state index is 12.5. The van der Waals surface area contributed by atoms with Crippen molar-refractivity contribution in [1.82, 2.24) is 9.55 Å². The topological polar surface area (TPSA) is 34.9 Å². The first-order valence-corrected chi connectivity index (χ1v) is 6.97. The molecule has 19 heavy (non-hydrogen) atoms. The van der Waals surface area contributed by atoms with Crippen LogP contribution in [0, 0.1) is 10.5 Å². The van der Waals surface area contributed by atoms with Crippen LogP contribution in [-0.2, 0) is 0 Å². The van der Waals surface area contributed by atoms with Crippen LogP contribution in [0.5, 0.6) is 0 Å². The summed E-state index contributed by atoms with van der Waals surface area (Å²) in [6, 6.07) is 13.5. The highest BCUT2D eigenvalue weighted by Gasteiger charge is 2.06. The van der Waals surface area contributed by atoms with E-state index in [0.29, 0.717) is 5.39 Å². The highest BCUT2D eigenvalue weighted by Crippen LogP contribution is 2.14. The third kappa shape index (κ3) is 2.16. The van der Waals surface area contributed by atoms with E-state index in [1.54, 1.807) is 10.9 Å². The number of nitrogens with zero attached hydrogens (tertiary/aromatic N) is 2. The van der Waals surface area contributed by atoms with Crippen LogP contribution >= 0.6 is 22.6 Å². The molecule has 0 amide bonds. The molecule has 1 heterocycles. The molecular formula is C15H11IN2O. The summed E-state index contributed by atoms with van der Waals surface area (Å²) in [6.07, 6.45) is 1.60. The Balaban J connectivity index is 2.29. The first-order chi connectivity index (χ1) is 9.16. The van der Waals surface area contributed by atoms with Crippen molar-refractivity contribution in [3.63, 3.8) is 0 Å². The van der Waals surface area contributed by atoms with Gasteiger partial charge in [0, 0.05) is 3.57 Å². The highest BCUT2D eigenvalue weighted by atomic mass is 127. The summed E-state index contributed by atoms with van der Waals surface area (Å²) in [7, 11) is 0. The third-order valence-corrected chi connectivity index (χ3v) is 3.81. The van der Waals surface area contributed by atoms with Gasteiger partial charge >= 0.3 is 0 Å². The van der Waals surface area contributed by atoms with Gasteiger partial charge in [-0.25, -0.2) is 4.98 Å². The van der Waals surface area contributed by atoms with E-state index in [4.69, 9.17) is 0 Å². The summed E-state index contributed by atoms with van der Waals surface area (Å²) in [5.74, 6) is 0. The van der Waals surface area contributed by atoms with E-state index in [0.717, 1.165) is 20.3 Å². The summed E-state index contributed by atoms with van der Waals surface area (Å²) < 4.78 is 2.72. The predicted octanol–water partition coefficient (Wildman–Crippen LogP) is 3.30.